The molecule has 0 atom stereocenters. The van der Waals surface area contributed by atoms with Crippen LogP contribution < -0.4 is 4.74 Å². The Morgan fingerprint density at radius 2 is 1.88 bits per heavy atom. The maximum Gasteiger partial charge on any atom is 0.311 e. The van der Waals surface area contributed by atoms with Crippen LogP contribution in [0.4, 0.5) is 4.39 Å². The van der Waals surface area contributed by atoms with Crippen molar-refractivity contribution in [2.24, 2.45) is 0 Å². The first-order valence-electron chi connectivity index (χ1n) is 5.60. The molecule has 2 rings (SSSR count). The first-order valence-corrected chi connectivity index (χ1v) is 5.60. The maximum absolute atomic E-state index is 13.5. The van der Waals surface area contributed by atoms with Crippen molar-refractivity contribution < 1.29 is 13.9 Å². The molecule has 0 fully saturated rings. The van der Waals surface area contributed by atoms with E-state index in [-0.39, 0.29) is 11.8 Å². The molecular weight excluding hydrogens is 219 g/mol. The largest absolute Gasteiger partial charge is 0.426 e. The second-order valence-electron chi connectivity index (χ2n) is 3.82. The number of halogens is 1. The zero-order chi connectivity index (χ0) is 12.3. The standard InChI is InChI=1S/C14H13FO2/c1-2-5-14(16)17-13-9-4-6-10-11(13)7-3-8-12(10)15/h3-4,6-9H,2,5H2,1H3. The van der Waals surface area contributed by atoms with Gasteiger partial charge in [0.25, 0.3) is 0 Å². The topological polar surface area (TPSA) is 26.3 Å². The van der Waals surface area contributed by atoms with Crippen molar-refractivity contribution in [3.63, 3.8) is 0 Å². The Morgan fingerprint density at radius 3 is 2.65 bits per heavy atom. The minimum Gasteiger partial charge on any atom is -0.426 e. The van der Waals surface area contributed by atoms with Gasteiger partial charge in [0, 0.05) is 17.2 Å². The normalized spacial score (nSPS) is 10.5. The molecule has 0 saturated carbocycles. The number of hydrogen-bond acceptors (Lipinski definition) is 2. The molecule has 0 unspecified atom stereocenters. The summed E-state index contributed by atoms with van der Waals surface area (Å²) in [7, 11) is 0. The number of ether oxygens (including phenoxy) is 1. The van der Waals surface area contributed by atoms with Gasteiger partial charge in [-0.3, -0.25) is 4.79 Å². The number of benzene rings is 2. The Hall–Kier alpha value is -1.90. The first-order chi connectivity index (χ1) is 8.22. The molecule has 0 saturated heterocycles. The van der Waals surface area contributed by atoms with Gasteiger partial charge in [0.05, 0.1) is 0 Å². The monoisotopic (exact) mass is 232 g/mol. The van der Waals surface area contributed by atoms with Crippen molar-refractivity contribution in [1.29, 1.82) is 0 Å². The van der Waals surface area contributed by atoms with E-state index in [0.29, 0.717) is 22.9 Å². The summed E-state index contributed by atoms with van der Waals surface area (Å²) in [4.78, 5) is 11.4. The molecule has 0 aliphatic carbocycles. The van der Waals surface area contributed by atoms with Gasteiger partial charge in [-0.15, -0.1) is 0 Å². The van der Waals surface area contributed by atoms with E-state index < -0.39 is 0 Å². The van der Waals surface area contributed by atoms with Gasteiger partial charge in [-0.25, -0.2) is 4.39 Å². The van der Waals surface area contributed by atoms with Crippen LogP contribution in [0.2, 0.25) is 0 Å². The number of esters is 1. The van der Waals surface area contributed by atoms with Gasteiger partial charge in [-0.2, -0.15) is 0 Å². The molecule has 2 aromatic rings. The second-order valence-corrected chi connectivity index (χ2v) is 3.82. The van der Waals surface area contributed by atoms with E-state index in [9.17, 15) is 9.18 Å². The van der Waals surface area contributed by atoms with Crippen LogP contribution in [0.5, 0.6) is 5.75 Å². The van der Waals surface area contributed by atoms with Crippen LogP contribution in [0.15, 0.2) is 36.4 Å². The Bertz CT molecular complexity index is 549. The Kier molecular flexibility index (Phi) is 3.38. The number of rotatable bonds is 3. The van der Waals surface area contributed by atoms with E-state index in [4.69, 9.17) is 4.74 Å². The second kappa shape index (κ2) is 4.95. The molecule has 0 spiro atoms. The highest BCUT2D eigenvalue weighted by molar-refractivity contribution is 5.90. The first kappa shape index (κ1) is 11.6. The average molecular weight is 232 g/mol. The van der Waals surface area contributed by atoms with Crippen LogP contribution in [0, 0.1) is 5.82 Å². The van der Waals surface area contributed by atoms with Crippen molar-refractivity contribution in [3.8, 4) is 5.75 Å². The predicted octanol–water partition coefficient (Wildman–Crippen LogP) is 3.68. The number of hydrogen-bond donors (Lipinski definition) is 0. The van der Waals surface area contributed by atoms with Gasteiger partial charge >= 0.3 is 5.97 Å². The highest BCUT2D eigenvalue weighted by Crippen LogP contribution is 2.27. The molecule has 0 aliphatic rings. The summed E-state index contributed by atoms with van der Waals surface area (Å²) in [6.07, 6.45) is 1.10. The lowest BCUT2D eigenvalue weighted by atomic mass is 10.1. The summed E-state index contributed by atoms with van der Waals surface area (Å²) in [5, 5.41) is 1.09. The summed E-state index contributed by atoms with van der Waals surface area (Å²) < 4.78 is 18.7. The Morgan fingerprint density at radius 1 is 1.18 bits per heavy atom. The Balaban J connectivity index is 2.41. The molecular formula is C14H13FO2. The predicted molar refractivity (Wildman–Crippen MR) is 64.4 cm³/mol. The van der Waals surface area contributed by atoms with Crippen molar-refractivity contribution in [2.75, 3.05) is 0 Å². The third-order valence-corrected chi connectivity index (χ3v) is 2.51. The van der Waals surface area contributed by atoms with Gasteiger partial charge in [-0.1, -0.05) is 31.2 Å². The number of carbonyl (C=O) groups is 1. The lowest BCUT2D eigenvalue weighted by molar-refractivity contribution is -0.134. The van der Waals surface area contributed by atoms with Gasteiger partial charge in [-0.05, 0) is 18.6 Å². The SMILES string of the molecule is CCCC(=O)Oc1cccc2c(F)cccc12. The van der Waals surface area contributed by atoms with Crippen LogP contribution in [-0.2, 0) is 4.79 Å². The fourth-order valence-corrected chi connectivity index (χ4v) is 1.71. The molecule has 88 valence electrons. The van der Waals surface area contributed by atoms with E-state index in [1.807, 2.05) is 6.92 Å². The molecule has 3 heteroatoms. The van der Waals surface area contributed by atoms with Gasteiger partial charge < -0.3 is 4.74 Å². The smallest absolute Gasteiger partial charge is 0.311 e. The van der Waals surface area contributed by atoms with E-state index >= 15 is 0 Å². The van der Waals surface area contributed by atoms with Crippen LogP contribution in [0.3, 0.4) is 0 Å². The minimum absolute atomic E-state index is 0.288. The van der Waals surface area contributed by atoms with Crippen molar-refractivity contribution in [3.05, 3.63) is 42.2 Å². The van der Waals surface area contributed by atoms with Gasteiger partial charge in [0.2, 0.25) is 0 Å². The Labute approximate surface area is 99.0 Å². The molecule has 0 bridgehead atoms. The molecule has 0 aliphatic heterocycles. The molecule has 0 heterocycles. The van der Waals surface area contributed by atoms with Crippen LogP contribution >= 0.6 is 0 Å². The molecule has 2 nitrogen and oxygen atoms in total. The summed E-state index contributed by atoms with van der Waals surface area (Å²) in [6, 6.07) is 9.76. The van der Waals surface area contributed by atoms with E-state index in [1.165, 1.54) is 6.07 Å². The fraction of sp³-hybridized carbons (Fsp3) is 0.214. The van der Waals surface area contributed by atoms with Crippen LogP contribution in [-0.4, -0.2) is 5.97 Å². The fourth-order valence-electron chi connectivity index (χ4n) is 1.71. The lowest BCUT2D eigenvalue weighted by Gasteiger charge is -2.07. The van der Waals surface area contributed by atoms with Crippen molar-refractivity contribution in [1.82, 2.24) is 0 Å². The van der Waals surface area contributed by atoms with E-state index in [2.05, 4.69) is 0 Å². The quantitative estimate of drug-likeness (QED) is 0.596. The molecule has 2 aromatic carbocycles. The third-order valence-electron chi connectivity index (χ3n) is 2.51. The zero-order valence-electron chi connectivity index (χ0n) is 9.57. The van der Waals surface area contributed by atoms with E-state index in [1.54, 1.807) is 30.3 Å². The average Bonchev–Trinajstić information content (AvgIpc) is 2.31. The summed E-state index contributed by atoms with van der Waals surface area (Å²) in [5.74, 6) is -0.180. The number of fused-ring (bicyclic) bond motifs is 1. The van der Waals surface area contributed by atoms with E-state index in [0.717, 1.165) is 6.42 Å². The third kappa shape index (κ3) is 2.44. The van der Waals surface area contributed by atoms with Crippen molar-refractivity contribution >= 4 is 16.7 Å². The zero-order valence-corrected chi connectivity index (χ0v) is 9.57. The van der Waals surface area contributed by atoms with Gasteiger partial charge in [0.15, 0.2) is 0 Å². The summed E-state index contributed by atoms with van der Waals surface area (Å²) in [6.45, 7) is 1.91. The molecule has 0 radical (unpaired) electrons. The highest BCUT2D eigenvalue weighted by atomic mass is 19.1. The highest BCUT2D eigenvalue weighted by Gasteiger charge is 2.08. The number of carbonyl (C=O) groups excluding carboxylic acids is 1. The van der Waals surface area contributed by atoms with Crippen molar-refractivity contribution in [2.45, 2.75) is 19.8 Å². The van der Waals surface area contributed by atoms with Crippen LogP contribution in [0.1, 0.15) is 19.8 Å². The summed E-state index contributed by atoms with van der Waals surface area (Å²) >= 11 is 0. The van der Waals surface area contributed by atoms with Gasteiger partial charge in [0.1, 0.15) is 11.6 Å². The molecule has 17 heavy (non-hydrogen) atoms. The maximum atomic E-state index is 13.5. The lowest BCUT2D eigenvalue weighted by Crippen LogP contribution is -2.07. The molecule has 0 N–H and O–H groups in total. The molecule has 0 amide bonds. The summed E-state index contributed by atoms with van der Waals surface area (Å²) in [5.41, 5.74) is 0. The molecule has 0 aromatic heterocycles. The van der Waals surface area contributed by atoms with Crippen LogP contribution in [0.25, 0.3) is 10.8 Å². The minimum atomic E-state index is -0.309.